The van der Waals surface area contributed by atoms with Crippen LogP contribution in [0.3, 0.4) is 0 Å². The maximum absolute atomic E-state index is 10.7. The van der Waals surface area contributed by atoms with Crippen LogP contribution >= 0.6 is 0 Å². The number of carbonyl (C=O) groups excluding carboxylic acids is 1. The molecule has 0 amide bonds. The molecule has 1 atom stereocenters. The van der Waals surface area contributed by atoms with Crippen molar-refractivity contribution in [2.45, 2.75) is 5.25 Å². The number of hydrogen-bond acceptors (Lipinski definition) is 5. The zero-order valence-electron chi connectivity index (χ0n) is 7.73. The predicted octanol–water partition coefficient (Wildman–Crippen LogP) is 0.633. The van der Waals surface area contributed by atoms with E-state index in [0.717, 1.165) is 30.6 Å². The molecule has 0 aliphatic carbocycles. The highest BCUT2D eigenvalue weighted by molar-refractivity contribution is 7.86. The van der Waals surface area contributed by atoms with Crippen LogP contribution in [0.5, 0.6) is 0 Å². The molecule has 0 spiro atoms. The number of nitrogens with zero attached hydrogens (tertiary/aromatic N) is 1. The Morgan fingerprint density at radius 1 is 1.31 bits per heavy atom. The minimum absolute atomic E-state index is 0.0805. The van der Waals surface area contributed by atoms with E-state index in [-0.39, 0.29) is 11.3 Å². The molecule has 1 aromatic rings. The molecule has 1 rings (SSSR count). The summed E-state index contributed by atoms with van der Waals surface area (Å²) >= 11 is 0. The van der Waals surface area contributed by atoms with Crippen LogP contribution < -0.4 is 0 Å². The van der Waals surface area contributed by atoms with Crippen molar-refractivity contribution in [2.24, 2.45) is 0 Å². The fourth-order valence-corrected chi connectivity index (χ4v) is 1.69. The highest BCUT2D eigenvalue weighted by Gasteiger charge is 2.25. The first-order valence-electron chi connectivity index (χ1n) is 3.94. The Balaban J connectivity index is 3.15. The van der Waals surface area contributed by atoms with Crippen molar-refractivity contribution in [1.82, 2.24) is 0 Å². The van der Waals surface area contributed by atoms with Crippen molar-refractivity contribution in [1.29, 1.82) is 0 Å². The van der Waals surface area contributed by atoms with Gasteiger partial charge in [-0.2, -0.15) is 8.42 Å². The topological polar surface area (TPSA) is 115 Å². The van der Waals surface area contributed by atoms with Crippen LogP contribution in [-0.2, 0) is 14.9 Å². The Labute approximate surface area is 90.6 Å². The maximum atomic E-state index is 10.7. The molecule has 1 aromatic carbocycles. The average molecular weight is 244 g/mol. The lowest BCUT2D eigenvalue weighted by Gasteiger charge is -2.05. The third-order valence-electron chi connectivity index (χ3n) is 1.81. The molecule has 0 fully saturated rings. The Morgan fingerprint density at radius 2 is 1.81 bits per heavy atom. The first-order chi connectivity index (χ1) is 7.36. The number of benzene rings is 1. The molecular formula is C8H6NO6S. The van der Waals surface area contributed by atoms with E-state index < -0.39 is 20.3 Å². The summed E-state index contributed by atoms with van der Waals surface area (Å²) in [4.78, 5) is 20.0. The summed E-state index contributed by atoms with van der Waals surface area (Å²) < 4.78 is 30.2. The van der Waals surface area contributed by atoms with Crippen molar-refractivity contribution >= 4 is 22.1 Å². The van der Waals surface area contributed by atoms with Crippen LogP contribution in [0, 0.1) is 10.1 Å². The maximum Gasteiger partial charge on any atom is 0.279 e. The van der Waals surface area contributed by atoms with Crippen LogP contribution in [0.4, 0.5) is 5.69 Å². The second-order valence-corrected chi connectivity index (χ2v) is 4.36. The zero-order chi connectivity index (χ0) is 12.3. The van der Waals surface area contributed by atoms with Gasteiger partial charge in [-0.05, 0) is 5.56 Å². The zero-order valence-corrected chi connectivity index (χ0v) is 8.55. The molecule has 85 valence electrons. The molecule has 0 aliphatic heterocycles. The molecule has 1 unspecified atom stereocenters. The van der Waals surface area contributed by atoms with Crippen molar-refractivity contribution < 1.29 is 22.7 Å². The molecule has 0 aliphatic rings. The molecule has 1 radical (unpaired) electrons. The highest BCUT2D eigenvalue weighted by atomic mass is 32.2. The predicted molar refractivity (Wildman–Crippen MR) is 53.1 cm³/mol. The molecule has 1 N–H and O–H groups in total. The second-order valence-electron chi connectivity index (χ2n) is 2.86. The summed E-state index contributed by atoms with van der Waals surface area (Å²) in [5.74, 6) is 0. The summed E-state index contributed by atoms with van der Waals surface area (Å²) in [7, 11) is -4.59. The Hall–Kier alpha value is -1.80. The van der Waals surface area contributed by atoms with Gasteiger partial charge in [0.05, 0.1) is 4.92 Å². The number of hydrogen-bond donors (Lipinski definition) is 1. The van der Waals surface area contributed by atoms with Gasteiger partial charge in [0.25, 0.3) is 15.8 Å². The van der Waals surface area contributed by atoms with E-state index >= 15 is 0 Å². The fourth-order valence-electron chi connectivity index (χ4n) is 1.07. The first kappa shape index (κ1) is 12.3. The van der Waals surface area contributed by atoms with Crippen LogP contribution in [0.25, 0.3) is 0 Å². The molecule has 0 aromatic heterocycles. The van der Waals surface area contributed by atoms with Gasteiger partial charge in [-0.25, -0.2) is 0 Å². The summed E-state index contributed by atoms with van der Waals surface area (Å²) in [6.45, 7) is 0. The van der Waals surface area contributed by atoms with Crippen molar-refractivity contribution in [3.63, 3.8) is 0 Å². The van der Waals surface area contributed by atoms with Gasteiger partial charge < -0.3 is 0 Å². The molecule has 0 heterocycles. The van der Waals surface area contributed by atoms with Gasteiger partial charge in [-0.1, -0.05) is 12.1 Å². The summed E-state index contributed by atoms with van der Waals surface area (Å²) in [5, 5.41) is 8.47. The molecular weight excluding hydrogens is 238 g/mol. The number of nitro benzene ring substituents is 1. The number of non-ortho nitro benzene ring substituents is 1. The van der Waals surface area contributed by atoms with E-state index in [1.54, 1.807) is 0 Å². The van der Waals surface area contributed by atoms with E-state index in [0.29, 0.717) is 0 Å². The Bertz CT molecular complexity index is 506. The van der Waals surface area contributed by atoms with Gasteiger partial charge in [0.1, 0.15) is 0 Å². The summed E-state index contributed by atoms with van der Waals surface area (Å²) in [5.41, 5.74) is -0.327. The van der Waals surface area contributed by atoms with Crippen LogP contribution in [0.1, 0.15) is 10.8 Å². The molecule has 0 saturated heterocycles. The molecule has 7 nitrogen and oxygen atoms in total. The van der Waals surface area contributed by atoms with E-state index in [1.807, 2.05) is 0 Å². The lowest BCUT2D eigenvalue weighted by Crippen LogP contribution is -2.13. The van der Waals surface area contributed by atoms with Gasteiger partial charge in [0.15, 0.2) is 5.25 Å². The van der Waals surface area contributed by atoms with E-state index in [9.17, 15) is 23.3 Å². The highest BCUT2D eigenvalue weighted by Crippen LogP contribution is 2.21. The third-order valence-corrected chi connectivity index (χ3v) is 2.78. The quantitative estimate of drug-likeness (QED) is 0.472. The average Bonchev–Trinajstić information content (AvgIpc) is 2.17. The summed E-state index contributed by atoms with van der Waals surface area (Å²) in [6.07, 6.45) is 1.15. The van der Waals surface area contributed by atoms with Gasteiger partial charge >= 0.3 is 0 Å². The van der Waals surface area contributed by atoms with Crippen molar-refractivity contribution in [3.05, 3.63) is 39.9 Å². The second kappa shape index (κ2) is 4.37. The SMILES string of the molecule is O=[C]C(c1ccc([N+](=O)[O-])cc1)S(=O)(=O)O. The van der Waals surface area contributed by atoms with Gasteiger partial charge in [-0.15, -0.1) is 0 Å². The van der Waals surface area contributed by atoms with Gasteiger partial charge in [0.2, 0.25) is 6.29 Å². The van der Waals surface area contributed by atoms with Crippen molar-refractivity contribution in [3.8, 4) is 0 Å². The van der Waals surface area contributed by atoms with Crippen LogP contribution in [0.15, 0.2) is 24.3 Å². The summed E-state index contributed by atoms with van der Waals surface area (Å²) in [6, 6.07) is 4.21. The van der Waals surface area contributed by atoms with Crippen molar-refractivity contribution in [2.75, 3.05) is 0 Å². The minimum Gasteiger partial charge on any atom is -0.289 e. The lowest BCUT2D eigenvalue weighted by atomic mass is 10.1. The van der Waals surface area contributed by atoms with E-state index in [4.69, 9.17) is 4.55 Å². The molecule has 16 heavy (non-hydrogen) atoms. The van der Waals surface area contributed by atoms with Crippen LogP contribution in [0.2, 0.25) is 0 Å². The monoisotopic (exact) mass is 244 g/mol. The smallest absolute Gasteiger partial charge is 0.279 e. The minimum atomic E-state index is -4.59. The Kier molecular flexibility index (Phi) is 3.35. The Morgan fingerprint density at radius 3 is 2.12 bits per heavy atom. The van der Waals surface area contributed by atoms with Crippen LogP contribution in [-0.4, -0.2) is 24.2 Å². The standard InChI is InChI=1S/C8H6NO6S/c10-5-8(16(13,14)15)6-1-3-7(4-2-6)9(11)12/h1-4,8H,(H,13,14,15). The fraction of sp³-hybridized carbons (Fsp3) is 0.125. The first-order valence-corrected chi connectivity index (χ1v) is 5.45. The van der Waals surface area contributed by atoms with E-state index in [2.05, 4.69) is 0 Å². The lowest BCUT2D eigenvalue weighted by molar-refractivity contribution is -0.384. The molecule has 0 saturated carbocycles. The van der Waals surface area contributed by atoms with E-state index in [1.165, 1.54) is 0 Å². The molecule has 8 heteroatoms. The van der Waals surface area contributed by atoms with Gasteiger partial charge in [0, 0.05) is 12.1 Å². The largest absolute Gasteiger partial charge is 0.289 e. The number of rotatable bonds is 4. The third kappa shape index (κ3) is 2.61. The molecule has 0 bridgehead atoms. The number of nitro groups is 1. The normalized spacial score (nSPS) is 13.1. The van der Waals surface area contributed by atoms with Gasteiger partial charge in [-0.3, -0.25) is 19.5 Å².